The number of aromatic nitrogens is 1. The van der Waals surface area contributed by atoms with Gasteiger partial charge in [-0.1, -0.05) is 11.6 Å². The van der Waals surface area contributed by atoms with E-state index in [1.165, 1.54) is 16.4 Å². The van der Waals surface area contributed by atoms with Crippen LogP contribution < -0.4 is 4.90 Å². The van der Waals surface area contributed by atoms with Gasteiger partial charge in [0.2, 0.25) is 10.0 Å². The number of anilines is 1. The molecule has 0 aliphatic carbocycles. The van der Waals surface area contributed by atoms with Crippen LogP contribution in [0.25, 0.3) is 0 Å². The van der Waals surface area contributed by atoms with E-state index in [0.717, 1.165) is 5.82 Å². The third kappa shape index (κ3) is 4.71. The lowest BCUT2D eigenvalue weighted by Gasteiger charge is -2.35. The van der Waals surface area contributed by atoms with E-state index in [2.05, 4.69) is 9.88 Å². The fourth-order valence-electron chi connectivity index (χ4n) is 3.09. The lowest BCUT2D eigenvalue weighted by Crippen LogP contribution is -2.49. The maximum atomic E-state index is 12.8. The predicted molar refractivity (Wildman–Crippen MR) is 114 cm³/mol. The van der Waals surface area contributed by atoms with E-state index in [0.29, 0.717) is 36.8 Å². The molecule has 9 heteroatoms. The second-order valence-corrected chi connectivity index (χ2v) is 9.69. The average molecular weight is 437 g/mol. The topological polar surface area (TPSA) is 73.8 Å². The molecule has 1 saturated heterocycles. The predicted octanol–water partition coefficient (Wildman–Crippen LogP) is 2.73. The van der Waals surface area contributed by atoms with Gasteiger partial charge < -0.3 is 9.80 Å². The third-order valence-electron chi connectivity index (χ3n) is 5.11. The largest absolute Gasteiger partial charge is 0.353 e. The summed E-state index contributed by atoms with van der Waals surface area (Å²) in [5.41, 5.74) is 0.481. The van der Waals surface area contributed by atoms with E-state index in [1.54, 1.807) is 36.3 Å². The van der Waals surface area contributed by atoms with Crippen molar-refractivity contribution in [3.8, 4) is 0 Å². The first kappa shape index (κ1) is 21.5. The molecule has 0 spiro atoms. The van der Waals surface area contributed by atoms with Crippen LogP contribution in [0.2, 0.25) is 5.02 Å². The molecule has 29 heavy (non-hydrogen) atoms. The van der Waals surface area contributed by atoms with E-state index < -0.39 is 10.0 Å². The van der Waals surface area contributed by atoms with Gasteiger partial charge in [-0.3, -0.25) is 4.79 Å². The highest BCUT2D eigenvalue weighted by Gasteiger charge is 2.25. The monoisotopic (exact) mass is 436 g/mol. The number of piperazine rings is 1. The lowest BCUT2D eigenvalue weighted by atomic mass is 10.2. The molecule has 0 bridgehead atoms. The SMILES string of the molecule is CC(C)N(C)S(=O)(=O)c1ccc(C(=O)N2CCN(c3ccc(Cl)cn3)CC2)cc1. The highest BCUT2D eigenvalue weighted by atomic mass is 35.5. The second kappa shape index (κ2) is 8.69. The molecule has 0 atom stereocenters. The number of sulfonamides is 1. The van der Waals surface area contributed by atoms with E-state index in [9.17, 15) is 13.2 Å². The van der Waals surface area contributed by atoms with Crippen molar-refractivity contribution in [2.24, 2.45) is 0 Å². The summed E-state index contributed by atoms with van der Waals surface area (Å²) in [6.45, 7) is 6.11. The van der Waals surface area contributed by atoms with Crippen LogP contribution in [0.3, 0.4) is 0 Å². The molecule has 1 amide bonds. The van der Waals surface area contributed by atoms with Crippen molar-refractivity contribution >= 4 is 33.3 Å². The van der Waals surface area contributed by atoms with Crippen molar-refractivity contribution in [1.82, 2.24) is 14.2 Å². The number of nitrogens with zero attached hydrogens (tertiary/aromatic N) is 4. The number of pyridine rings is 1. The van der Waals surface area contributed by atoms with Gasteiger partial charge in [0, 0.05) is 51.0 Å². The van der Waals surface area contributed by atoms with E-state index in [-0.39, 0.29) is 16.8 Å². The molecule has 0 radical (unpaired) electrons. The Morgan fingerprint density at radius 3 is 2.21 bits per heavy atom. The van der Waals surface area contributed by atoms with Crippen molar-refractivity contribution in [2.75, 3.05) is 38.1 Å². The van der Waals surface area contributed by atoms with Gasteiger partial charge in [-0.2, -0.15) is 4.31 Å². The minimum atomic E-state index is -3.56. The van der Waals surface area contributed by atoms with E-state index in [4.69, 9.17) is 11.6 Å². The van der Waals surface area contributed by atoms with Gasteiger partial charge in [0.25, 0.3) is 5.91 Å². The number of hydrogen-bond acceptors (Lipinski definition) is 5. The Kier molecular flexibility index (Phi) is 6.45. The Morgan fingerprint density at radius 1 is 1.07 bits per heavy atom. The maximum Gasteiger partial charge on any atom is 0.253 e. The zero-order valence-electron chi connectivity index (χ0n) is 16.7. The summed E-state index contributed by atoms with van der Waals surface area (Å²) in [6.07, 6.45) is 1.61. The Morgan fingerprint density at radius 2 is 1.69 bits per heavy atom. The number of carbonyl (C=O) groups is 1. The summed E-state index contributed by atoms with van der Waals surface area (Å²) >= 11 is 5.88. The van der Waals surface area contributed by atoms with Crippen molar-refractivity contribution in [1.29, 1.82) is 0 Å². The number of hydrogen-bond donors (Lipinski definition) is 0. The molecular weight excluding hydrogens is 412 g/mol. The molecular formula is C20H25ClN4O3S. The molecule has 1 aliphatic heterocycles. The first-order valence-electron chi connectivity index (χ1n) is 9.44. The lowest BCUT2D eigenvalue weighted by molar-refractivity contribution is 0.0746. The van der Waals surface area contributed by atoms with Gasteiger partial charge in [0.15, 0.2) is 0 Å². The minimum Gasteiger partial charge on any atom is -0.353 e. The van der Waals surface area contributed by atoms with Gasteiger partial charge in [-0.05, 0) is 50.2 Å². The number of amides is 1. The van der Waals surface area contributed by atoms with E-state index >= 15 is 0 Å². The normalized spacial score (nSPS) is 15.2. The molecule has 1 fully saturated rings. The molecule has 2 aromatic rings. The average Bonchev–Trinajstić information content (AvgIpc) is 2.73. The summed E-state index contributed by atoms with van der Waals surface area (Å²) in [7, 11) is -2.01. The van der Waals surface area contributed by atoms with Crippen LogP contribution in [-0.2, 0) is 10.0 Å². The first-order chi connectivity index (χ1) is 13.7. The standard InChI is InChI=1S/C20H25ClN4O3S/c1-15(2)23(3)29(27,28)18-7-4-16(5-8-18)20(26)25-12-10-24(11-13-25)19-9-6-17(21)14-22-19/h4-9,14-15H,10-13H2,1-3H3. The highest BCUT2D eigenvalue weighted by Crippen LogP contribution is 2.20. The van der Waals surface area contributed by atoms with Crippen molar-refractivity contribution < 1.29 is 13.2 Å². The smallest absolute Gasteiger partial charge is 0.253 e. The number of carbonyl (C=O) groups excluding carboxylic acids is 1. The molecule has 0 N–H and O–H groups in total. The Hall–Kier alpha value is -2.16. The van der Waals surface area contributed by atoms with Crippen LogP contribution in [0.5, 0.6) is 0 Å². The molecule has 1 aliphatic rings. The number of benzene rings is 1. The van der Waals surface area contributed by atoms with Crippen molar-refractivity contribution in [3.05, 3.63) is 53.2 Å². The van der Waals surface area contributed by atoms with Crippen LogP contribution in [-0.4, -0.2) is 67.8 Å². The molecule has 2 heterocycles. The molecule has 1 aromatic heterocycles. The molecule has 156 valence electrons. The Balaban J connectivity index is 1.65. The van der Waals surface area contributed by atoms with Gasteiger partial charge in [-0.15, -0.1) is 0 Å². The van der Waals surface area contributed by atoms with Crippen molar-refractivity contribution in [3.63, 3.8) is 0 Å². The number of halogens is 1. The first-order valence-corrected chi connectivity index (χ1v) is 11.3. The summed E-state index contributed by atoms with van der Waals surface area (Å²) in [5.74, 6) is 0.736. The Labute approximate surface area is 176 Å². The fourth-order valence-corrected chi connectivity index (χ4v) is 4.57. The van der Waals surface area contributed by atoms with Crippen LogP contribution in [0, 0.1) is 0 Å². The van der Waals surface area contributed by atoms with Crippen molar-refractivity contribution in [2.45, 2.75) is 24.8 Å². The summed E-state index contributed by atoms with van der Waals surface area (Å²) in [6, 6.07) is 9.67. The number of rotatable bonds is 5. The third-order valence-corrected chi connectivity index (χ3v) is 7.38. The summed E-state index contributed by atoms with van der Waals surface area (Å²) in [5, 5.41) is 0.590. The van der Waals surface area contributed by atoms with Gasteiger partial charge >= 0.3 is 0 Å². The van der Waals surface area contributed by atoms with Crippen LogP contribution >= 0.6 is 11.6 Å². The van der Waals surface area contributed by atoms with E-state index in [1.807, 2.05) is 19.9 Å². The zero-order chi connectivity index (χ0) is 21.2. The minimum absolute atomic E-state index is 0.102. The quantitative estimate of drug-likeness (QED) is 0.720. The molecule has 0 saturated carbocycles. The zero-order valence-corrected chi connectivity index (χ0v) is 18.3. The maximum absolute atomic E-state index is 12.8. The van der Waals surface area contributed by atoms with Crippen LogP contribution in [0.1, 0.15) is 24.2 Å². The summed E-state index contributed by atoms with van der Waals surface area (Å²) in [4.78, 5) is 21.2. The Bertz CT molecular complexity index is 954. The second-order valence-electron chi connectivity index (χ2n) is 7.25. The fraction of sp³-hybridized carbons (Fsp3) is 0.400. The van der Waals surface area contributed by atoms with Crippen LogP contribution in [0.15, 0.2) is 47.5 Å². The molecule has 1 aromatic carbocycles. The van der Waals surface area contributed by atoms with Gasteiger partial charge in [0.05, 0.1) is 9.92 Å². The molecule has 3 rings (SSSR count). The highest BCUT2D eigenvalue weighted by molar-refractivity contribution is 7.89. The molecule has 7 nitrogen and oxygen atoms in total. The van der Waals surface area contributed by atoms with Gasteiger partial charge in [0.1, 0.15) is 5.82 Å². The van der Waals surface area contributed by atoms with Crippen LogP contribution in [0.4, 0.5) is 5.82 Å². The summed E-state index contributed by atoms with van der Waals surface area (Å²) < 4.78 is 26.4. The van der Waals surface area contributed by atoms with Gasteiger partial charge in [-0.25, -0.2) is 13.4 Å². The molecule has 0 unspecified atom stereocenters.